The zero-order valence-corrected chi connectivity index (χ0v) is 13.0. The standard InChI is InChI=1S/C13H11BrN2O3S/c1-8-7-20-13(15-8)16-11(17)6-19-12(18)9-4-2-3-5-10(9)14/h2-5,7H,6H2,1H3,(H,15,16,17). The van der Waals surface area contributed by atoms with Gasteiger partial charge in [0, 0.05) is 9.85 Å². The van der Waals surface area contributed by atoms with Gasteiger partial charge in [0.25, 0.3) is 5.91 Å². The molecular formula is C13H11BrN2O3S. The molecule has 0 saturated carbocycles. The molecule has 0 atom stereocenters. The summed E-state index contributed by atoms with van der Waals surface area (Å²) in [6.07, 6.45) is 0. The molecule has 104 valence electrons. The van der Waals surface area contributed by atoms with Crippen molar-refractivity contribution in [3.05, 3.63) is 45.4 Å². The van der Waals surface area contributed by atoms with Crippen molar-refractivity contribution in [1.82, 2.24) is 4.98 Å². The molecule has 2 aromatic rings. The second-order valence-corrected chi connectivity index (χ2v) is 5.61. The van der Waals surface area contributed by atoms with E-state index in [9.17, 15) is 9.59 Å². The van der Waals surface area contributed by atoms with Crippen LogP contribution in [0.5, 0.6) is 0 Å². The van der Waals surface area contributed by atoms with Crippen molar-refractivity contribution >= 4 is 44.3 Å². The van der Waals surface area contributed by atoms with Crippen molar-refractivity contribution in [2.45, 2.75) is 6.92 Å². The van der Waals surface area contributed by atoms with Crippen molar-refractivity contribution in [2.24, 2.45) is 0 Å². The van der Waals surface area contributed by atoms with Gasteiger partial charge in [0.1, 0.15) is 0 Å². The predicted octanol–water partition coefficient (Wildman–Crippen LogP) is 3.01. The molecule has 1 amide bonds. The van der Waals surface area contributed by atoms with Gasteiger partial charge >= 0.3 is 5.97 Å². The average Bonchev–Trinajstić information content (AvgIpc) is 2.82. The second kappa shape index (κ2) is 6.62. The van der Waals surface area contributed by atoms with Crippen LogP contribution in [0.2, 0.25) is 0 Å². The first kappa shape index (κ1) is 14.7. The number of anilines is 1. The van der Waals surface area contributed by atoms with Gasteiger partial charge < -0.3 is 4.74 Å². The molecule has 1 aromatic carbocycles. The minimum atomic E-state index is -0.553. The number of hydrogen-bond acceptors (Lipinski definition) is 5. The molecular weight excluding hydrogens is 344 g/mol. The van der Waals surface area contributed by atoms with Crippen LogP contribution in [0, 0.1) is 6.92 Å². The summed E-state index contributed by atoms with van der Waals surface area (Å²) in [6.45, 7) is 1.48. The zero-order valence-electron chi connectivity index (χ0n) is 10.6. The largest absolute Gasteiger partial charge is 0.452 e. The fraction of sp³-hybridized carbons (Fsp3) is 0.154. The Morgan fingerprint density at radius 3 is 2.80 bits per heavy atom. The molecule has 1 N–H and O–H groups in total. The fourth-order valence-corrected chi connectivity index (χ4v) is 2.55. The fourth-order valence-electron chi connectivity index (χ4n) is 1.40. The van der Waals surface area contributed by atoms with Crippen LogP contribution < -0.4 is 5.32 Å². The van der Waals surface area contributed by atoms with E-state index >= 15 is 0 Å². The van der Waals surface area contributed by atoms with E-state index in [4.69, 9.17) is 4.74 Å². The third-order valence-electron chi connectivity index (χ3n) is 2.29. The second-order valence-electron chi connectivity index (χ2n) is 3.90. The monoisotopic (exact) mass is 354 g/mol. The number of thiazole rings is 1. The average molecular weight is 355 g/mol. The molecule has 5 nitrogen and oxygen atoms in total. The SMILES string of the molecule is Cc1csc(NC(=O)COC(=O)c2ccccc2Br)n1. The molecule has 0 fully saturated rings. The van der Waals surface area contributed by atoms with E-state index in [1.165, 1.54) is 11.3 Å². The van der Waals surface area contributed by atoms with Gasteiger partial charge in [0.15, 0.2) is 11.7 Å². The third kappa shape index (κ3) is 3.88. The van der Waals surface area contributed by atoms with Gasteiger partial charge in [-0.05, 0) is 35.0 Å². The van der Waals surface area contributed by atoms with Crippen LogP contribution in [-0.4, -0.2) is 23.5 Å². The lowest BCUT2D eigenvalue weighted by molar-refractivity contribution is -0.119. The summed E-state index contributed by atoms with van der Waals surface area (Å²) in [6, 6.07) is 6.86. The maximum absolute atomic E-state index is 11.8. The first-order valence-electron chi connectivity index (χ1n) is 5.70. The van der Waals surface area contributed by atoms with Crippen molar-refractivity contribution < 1.29 is 14.3 Å². The quantitative estimate of drug-likeness (QED) is 0.856. The summed E-state index contributed by atoms with van der Waals surface area (Å²) in [5.74, 6) is -0.970. The van der Waals surface area contributed by atoms with Crippen LogP contribution in [0.4, 0.5) is 5.13 Å². The number of hydrogen-bond donors (Lipinski definition) is 1. The number of ether oxygens (including phenoxy) is 1. The van der Waals surface area contributed by atoms with Crippen molar-refractivity contribution in [1.29, 1.82) is 0 Å². The molecule has 1 aromatic heterocycles. The summed E-state index contributed by atoms with van der Waals surface area (Å²) in [7, 11) is 0. The molecule has 0 bridgehead atoms. The summed E-state index contributed by atoms with van der Waals surface area (Å²) in [5, 5.41) is 4.88. The third-order valence-corrected chi connectivity index (χ3v) is 3.86. The van der Waals surface area contributed by atoms with Crippen molar-refractivity contribution in [3.8, 4) is 0 Å². The van der Waals surface area contributed by atoms with Gasteiger partial charge in [-0.2, -0.15) is 0 Å². The normalized spacial score (nSPS) is 10.1. The Balaban J connectivity index is 1.87. The molecule has 0 radical (unpaired) electrons. The molecule has 2 rings (SSSR count). The number of aromatic nitrogens is 1. The van der Waals surface area contributed by atoms with Gasteiger partial charge in [-0.15, -0.1) is 11.3 Å². The summed E-state index contributed by atoms with van der Waals surface area (Å²) in [4.78, 5) is 27.5. The molecule has 0 spiro atoms. The highest BCUT2D eigenvalue weighted by Crippen LogP contribution is 2.17. The lowest BCUT2D eigenvalue weighted by atomic mass is 10.2. The molecule has 0 aliphatic heterocycles. The van der Waals surface area contributed by atoms with Crippen molar-refractivity contribution in [2.75, 3.05) is 11.9 Å². The van der Waals surface area contributed by atoms with E-state index in [1.807, 2.05) is 12.3 Å². The molecule has 1 heterocycles. The Hall–Kier alpha value is -1.73. The van der Waals surface area contributed by atoms with Crippen LogP contribution in [-0.2, 0) is 9.53 Å². The Bertz CT molecular complexity index is 642. The highest BCUT2D eigenvalue weighted by Gasteiger charge is 2.13. The molecule has 0 saturated heterocycles. The van der Waals surface area contributed by atoms with Gasteiger partial charge in [-0.25, -0.2) is 9.78 Å². The van der Waals surface area contributed by atoms with E-state index in [2.05, 4.69) is 26.2 Å². The zero-order chi connectivity index (χ0) is 14.5. The van der Waals surface area contributed by atoms with E-state index < -0.39 is 11.9 Å². The van der Waals surface area contributed by atoms with Gasteiger partial charge in [-0.3, -0.25) is 10.1 Å². The number of nitrogens with one attached hydrogen (secondary N) is 1. The summed E-state index contributed by atoms with van der Waals surface area (Å²) < 4.78 is 5.57. The number of benzene rings is 1. The minimum Gasteiger partial charge on any atom is -0.452 e. The molecule has 0 aliphatic carbocycles. The van der Waals surface area contributed by atoms with Gasteiger partial charge in [0.05, 0.1) is 11.3 Å². The number of nitrogens with zero attached hydrogens (tertiary/aromatic N) is 1. The number of halogens is 1. The highest BCUT2D eigenvalue weighted by atomic mass is 79.9. The Kier molecular flexibility index (Phi) is 4.86. The lowest BCUT2D eigenvalue weighted by Gasteiger charge is -2.05. The van der Waals surface area contributed by atoms with Gasteiger partial charge in [0.2, 0.25) is 0 Å². The predicted molar refractivity (Wildman–Crippen MR) is 79.9 cm³/mol. The highest BCUT2D eigenvalue weighted by molar-refractivity contribution is 9.10. The molecule has 0 unspecified atom stereocenters. The van der Waals surface area contributed by atoms with E-state index in [1.54, 1.807) is 24.3 Å². The van der Waals surface area contributed by atoms with Crippen LogP contribution in [0.1, 0.15) is 16.1 Å². The number of rotatable bonds is 4. The van der Waals surface area contributed by atoms with Gasteiger partial charge in [-0.1, -0.05) is 12.1 Å². The van der Waals surface area contributed by atoms with Crippen molar-refractivity contribution in [3.63, 3.8) is 0 Å². The maximum atomic E-state index is 11.8. The van der Waals surface area contributed by atoms with Crippen LogP contribution in [0.25, 0.3) is 0 Å². The topological polar surface area (TPSA) is 68.3 Å². The maximum Gasteiger partial charge on any atom is 0.339 e. The van der Waals surface area contributed by atoms with E-state index in [0.717, 1.165) is 5.69 Å². The first-order chi connectivity index (χ1) is 9.56. The van der Waals surface area contributed by atoms with E-state index in [0.29, 0.717) is 15.2 Å². The number of aryl methyl sites for hydroxylation is 1. The number of amides is 1. The first-order valence-corrected chi connectivity index (χ1v) is 7.37. The summed E-state index contributed by atoms with van der Waals surface area (Å²) in [5.41, 5.74) is 1.21. The van der Waals surface area contributed by atoms with Crippen LogP contribution in [0.3, 0.4) is 0 Å². The van der Waals surface area contributed by atoms with Crippen LogP contribution >= 0.6 is 27.3 Å². The van der Waals surface area contributed by atoms with E-state index in [-0.39, 0.29) is 6.61 Å². The Labute approximate surface area is 128 Å². The Morgan fingerprint density at radius 1 is 1.40 bits per heavy atom. The number of carbonyl (C=O) groups is 2. The van der Waals surface area contributed by atoms with Crippen LogP contribution in [0.15, 0.2) is 34.1 Å². The molecule has 20 heavy (non-hydrogen) atoms. The lowest BCUT2D eigenvalue weighted by Crippen LogP contribution is -2.21. The molecule has 7 heteroatoms. The Morgan fingerprint density at radius 2 is 2.15 bits per heavy atom. The number of esters is 1. The smallest absolute Gasteiger partial charge is 0.339 e. The molecule has 0 aliphatic rings. The number of carbonyl (C=O) groups excluding carboxylic acids is 2. The minimum absolute atomic E-state index is 0.348. The summed E-state index contributed by atoms with van der Waals surface area (Å²) >= 11 is 4.57.